The average Bonchev–Trinajstić information content (AvgIpc) is 2.80. The highest BCUT2D eigenvalue weighted by atomic mass is 32.2. The van der Waals surface area contributed by atoms with Gasteiger partial charge in [-0.3, -0.25) is 0 Å². The summed E-state index contributed by atoms with van der Waals surface area (Å²) in [6.07, 6.45) is -2.27. The van der Waals surface area contributed by atoms with Gasteiger partial charge in [-0.25, -0.2) is 0 Å². The fourth-order valence-electron chi connectivity index (χ4n) is 2.85. The van der Waals surface area contributed by atoms with Gasteiger partial charge in [-0.15, -0.1) is 0 Å². The minimum atomic E-state index is -0.819. The van der Waals surface area contributed by atoms with Gasteiger partial charge in [-0.05, 0) is 32.9 Å². The largest absolute Gasteiger partial charge is 0.394 e. The van der Waals surface area contributed by atoms with E-state index in [0.717, 1.165) is 4.90 Å². The van der Waals surface area contributed by atoms with Crippen LogP contribution < -0.4 is 0 Å². The van der Waals surface area contributed by atoms with Crippen molar-refractivity contribution in [1.82, 2.24) is 0 Å². The second-order valence-corrected chi connectivity index (χ2v) is 7.38. The topological polar surface area (TPSA) is 68.2 Å². The van der Waals surface area contributed by atoms with Crippen molar-refractivity contribution < 1.29 is 24.4 Å². The van der Waals surface area contributed by atoms with E-state index in [1.807, 2.05) is 31.2 Å². The van der Waals surface area contributed by atoms with Crippen molar-refractivity contribution in [1.29, 1.82) is 0 Å². The fraction of sp³-hybridized carbons (Fsp3) is 0.625. The molecule has 0 unspecified atom stereocenters. The van der Waals surface area contributed by atoms with Crippen molar-refractivity contribution in [3.8, 4) is 0 Å². The lowest BCUT2D eigenvalue weighted by Gasteiger charge is -2.39. The van der Waals surface area contributed by atoms with E-state index in [1.54, 1.807) is 13.8 Å². The lowest BCUT2D eigenvalue weighted by Crippen LogP contribution is -2.56. The van der Waals surface area contributed by atoms with Crippen molar-refractivity contribution in [2.45, 2.75) is 61.3 Å². The SMILES string of the molecule is Cc1ccc(S[C@@H]2O[C@H](CO)[C@@H]3OC(C)(C)O[C@@H]3[C@H]2O)cc1. The predicted octanol–water partition coefficient (Wildman–Crippen LogP) is 1.69. The molecule has 2 N–H and O–H groups in total. The van der Waals surface area contributed by atoms with Crippen LogP contribution in [-0.4, -0.2) is 52.5 Å². The molecule has 0 amide bonds. The summed E-state index contributed by atoms with van der Waals surface area (Å²) in [5.41, 5.74) is 0.677. The number of ether oxygens (including phenoxy) is 3. The van der Waals surface area contributed by atoms with Crippen LogP contribution in [0.15, 0.2) is 29.2 Å². The standard InChI is InChI=1S/C16H22O5S/c1-9-4-6-10(7-5-9)22-15-12(18)14-13(11(8-17)19-15)20-16(2,3)21-14/h4-7,11-15,17-18H,8H2,1-3H3/t11-,12-,13+,14-,15+/m1/s1. The molecule has 2 aliphatic heterocycles. The first-order valence-electron chi connectivity index (χ1n) is 7.43. The summed E-state index contributed by atoms with van der Waals surface area (Å²) in [7, 11) is 0. The minimum absolute atomic E-state index is 0.168. The van der Waals surface area contributed by atoms with Gasteiger partial charge in [0.25, 0.3) is 0 Å². The van der Waals surface area contributed by atoms with Gasteiger partial charge in [0.1, 0.15) is 29.9 Å². The van der Waals surface area contributed by atoms with Gasteiger partial charge in [0.15, 0.2) is 5.79 Å². The summed E-state index contributed by atoms with van der Waals surface area (Å²) in [4.78, 5) is 1.00. The summed E-state index contributed by atoms with van der Waals surface area (Å²) >= 11 is 1.43. The molecule has 3 rings (SSSR count). The summed E-state index contributed by atoms with van der Waals surface area (Å²) in [6, 6.07) is 8.02. The average molecular weight is 326 g/mol. The van der Waals surface area contributed by atoms with E-state index in [9.17, 15) is 10.2 Å². The molecule has 5 nitrogen and oxygen atoms in total. The Bertz CT molecular complexity index is 518. The predicted molar refractivity (Wildman–Crippen MR) is 82.6 cm³/mol. The molecular weight excluding hydrogens is 304 g/mol. The van der Waals surface area contributed by atoms with Crippen LogP contribution in [0.5, 0.6) is 0 Å². The van der Waals surface area contributed by atoms with Gasteiger partial charge >= 0.3 is 0 Å². The Kier molecular flexibility index (Phi) is 4.51. The van der Waals surface area contributed by atoms with Crippen molar-refractivity contribution >= 4 is 11.8 Å². The lowest BCUT2D eigenvalue weighted by molar-refractivity contribution is -0.168. The smallest absolute Gasteiger partial charge is 0.164 e. The maximum Gasteiger partial charge on any atom is 0.164 e. The number of benzene rings is 1. The zero-order valence-electron chi connectivity index (χ0n) is 12.9. The van der Waals surface area contributed by atoms with E-state index < -0.39 is 35.6 Å². The van der Waals surface area contributed by atoms with E-state index in [-0.39, 0.29) is 6.61 Å². The number of hydrogen-bond donors (Lipinski definition) is 2. The third kappa shape index (κ3) is 3.18. The van der Waals surface area contributed by atoms with E-state index in [0.29, 0.717) is 0 Å². The zero-order valence-corrected chi connectivity index (χ0v) is 13.7. The van der Waals surface area contributed by atoms with Crippen LogP contribution >= 0.6 is 11.8 Å². The van der Waals surface area contributed by atoms with Gasteiger partial charge in [0.2, 0.25) is 0 Å². The van der Waals surface area contributed by atoms with Gasteiger partial charge in [0, 0.05) is 4.90 Å². The molecule has 0 saturated carbocycles. The summed E-state index contributed by atoms with van der Waals surface area (Å²) in [5.74, 6) is -0.781. The van der Waals surface area contributed by atoms with E-state index >= 15 is 0 Å². The molecule has 5 atom stereocenters. The fourth-order valence-corrected chi connectivity index (χ4v) is 3.90. The molecule has 2 saturated heterocycles. The molecular formula is C16H22O5S. The van der Waals surface area contributed by atoms with Gasteiger partial charge < -0.3 is 24.4 Å². The molecule has 0 spiro atoms. The molecule has 2 aliphatic rings. The molecule has 0 aromatic heterocycles. The Hall–Kier alpha value is -0.630. The first-order valence-corrected chi connectivity index (χ1v) is 8.31. The number of hydrogen-bond acceptors (Lipinski definition) is 6. The number of aliphatic hydroxyl groups excluding tert-OH is 2. The van der Waals surface area contributed by atoms with Crippen molar-refractivity contribution in [3.05, 3.63) is 29.8 Å². The number of fused-ring (bicyclic) bond motifs is 1. The molecule has 1 aromatic carbocycles. The third-order valence-corrected chi connectivity index (χ3v) is 5.07. The maximum atomic E-state index is 10.6. The first-order chi connectivity index (χ1) is 10.4. The van der Waals surface area contributed by atoms with Gasteiger partial charge in [-0.2, -0.15) is 0 Å². The molecule has 0 aliphatic carbocycles. The van der Waals surface area contributed by atoms with Gasteiger partial charge in [0.05, 0.1) is 6.61 Å². The molecule has 2 heterocycles. The van der Waals surface area contributed by atoms with Crippen LogP contribution in [-0.2, 0) is 14.2 Å². The van der Waals surface area contributed by atoms with Crippen LogP contribution in [0, 0.1) is 6.92 Å². The molecule has 1 aromatic rings. The highest BCUT2D eigenvalue weighted by Crippen LogP contribution is 2.41. The van der Waals surface area contributed by atoms with Crippen LogP contribution in [0.25, 0.3) is 0 Å². The second kappa shape index (κ2) is 6.11. The van der Waals surface area contributed by atoms with Crippen molar-refractivity contribution in [2.24, 2.45) is 0 Å². The lowest BCUT2D eigenvalue weighted by atomic mass is 10.0. The van der Waals surface area contributed by atoms with E-state index in [1.165, 1.54) is 17.3 Å². The molecule has 6 heteroatoms. The van der Waals surface area contributed by atoms with E-state index in [2.05, 4.69) is 0 Å². The molecule has 0 bridgehead atoms. The first kappa shape index (κ1) is 16.2. The summed E-state index contributed by atoms with van der Waals surface area (Å²) < 4.78 is 17.4. The Morgan fingerprint density at radius 2 is 1.77 bits per heavy atom. The minimum Gasteiger partial charge on any atom is -0.394 e. The van der Waals surface area contributed by atoms with Crippen LogP contribution in [0.3, 0.4) is 0 Å². The number of thioether (sulfide) groups is 1. The molecule has 122 valence electrons. The van der Waals surface area contributed by atoms with Crippen LogP contribution in [0.2, 0.25) is 0 Å². The molecule has 0 radical (unpaired) electrons. The Morgan fingerprint density at radius 3 is 2.41 bits per heavy atom. The highest BCUT2D eigenvalue weighted by Gasteiger charge is 2.54. The Morgan fingerprint density at radius 1 is 1.14 bits per heavy atom. The summed E-state index contributed by atoms with van der Waals surface area (Å²) in [5, 5.41) is 20.1. The van der Waals surface area contributed by atoms with Crippen LogP contribution in [0.4, 0.5) is 0 Å². The number of rotatable bonds is 3. The zero-order chi connectivity index (χ0) is 15.9. The number of aryl methyl sites for hydroxylation is 1. The highest BCUT2D eigenvalue weighted by molar-refractivity contribution is 7.99. The quantitative estimate of drug-likeness (QED) is 0.881. The van der Waals surface area contributed by atoms with Gasteiger partial charge in [-0.1, -0.05) is 29.5 Å². The molecule has 22 heavy (non-hydrogen) atoms. The maximum absolute atomic E-state index is 10.6. The molecule has 2 fully saturated rings. The Labute approximate surface area is 134 Å². The monoisotopic (exact) mass is 326 g/mol. The van der Waals surface area contributed by atoms with Crippen molar-refractivity contribution in [2.75, 3.05) is 6.61 Å². The van der Waals surface area contributed by atoms with Crippen LogP contribution in [0.1, 0.15) is 19.4 Å². The second-order valence-electron chi connectivity index (χ2n) is 6.21. The summed E-state index contributed by atoms with van der Waals surface area (Å²) in [6.45, 7) is 5.46. The Balaban J connectivity index is 1.77. The normalized spacial score (nSPS) is 37.0. The number of aliphatic hydroxyl groups is 2. The van der Waals surface area contributed by atoms with Crippen molar-refractivity contribution in [3.63, 3.8) is 0 Å². The van der Waals surface area contributed by atoms with E-state index in [4.69, 9.17) is 14.2 Å². The third-order valence-electron chi connectivity index (χ3n) is 3.91.